The lowest BCUT2D eigenvalue weighted by Gasteiger charge is -2.38. The van der Waals surface area contributed by atoms with Crippen LogP contribution in [0.5, 0.6) is 0 Å². The van der Waals surface area contributed by atoms with E-state index in [0.29, 0.717) is 13.0 Å². The molecule has 1 atom stereocenters. The number of halogens is 1. The lowest BCUT2D eigenvalue weighted by atomic mass is 9.94. The molecule has 1 fully saturated rings. The highest BCUT2D eigenvalue weighted by Crippen LogP contribution is 2.27. The predicted molar refractivity (Wildman–Crippen MR) is 60.8 cm³/mol. The Hall–Kier alpha value is -1.09. The van der Waals surface area contributed by atoms with Crippen molar-refractivity contribution >= 4 is 5.69 Å². The summed E-state index contributed by atoms with van der Waals surface area (Å²) in [4.78, 5) is 2.08. The molecule has 0 bridgehead atoms. The molecule has 1 aliphatic rings. The number of nitrogens with two attached hydrogens (primary N) is 1. The molecule has 3 heteroatoms. The molecule has 0 spiro atoms. The number of alkyl halides is 1. The van der Waals surface area contributed by atoms with Gasteiger partial charge in [0.15, 0.2) is 0 Å². The summed E-state index contributed by atoms with van der Waals surface area (Å²) in [5.41, 5.74) is 5.37. The van der Waals surface area contributed by atoms with Gasteiger partial charge >= 0.3 is 0 Å². The number of nitrogens with zero attached hydrogens (tertiary/aromatic N) is 1. The summed E-state index contributed by atoms with van der Waals surface area (Å²) < 4.78 is 14.1. The van der Waals surface area contributed by atoms with Gasteiger partial charge in [-0.1, -0.05) is 18.2 Å². The molecule has 1 aliphatic heterocycles. The zero-order valence-electron chi connectivity index (χ0n) is 8.82. The van der Waals surface area contributed by atoms with Crippen molar-refractivity contribution in [3.05, 3.63) is 30.3 Å². The monoisotopic (exact) mass is 208 g/mol. The van der Waals surface area contributed by atoms with Crippen molar-refractivity contribution in [2.24, 2.45) is 5.73 Å². The van der Waals surface area contributed by atoms with Gasteiger partial charge in [-0.15, -0.1) is 0 Å². The average Bonchev–Trinajstić information content (AvgIpc) is 2.30. The number of benzene rings is 1. The highest BCUT2D eigenvalue weighted by atomic mass is 19.1. The van der Waals surface area contributed by atoms with Gasteiger partial charge in [-0.3, -0.25) is 0 Å². The number of anilines is 1. The Balaban J connectivity index is 2.11. The molecular formula is C12H17FN2. The van der Waals surface area contributed by atoms with Crippen LogP contribution in [-0.2, 0) is 0 Å². The SMILES string of the molecule is NCC1(F)CCCN(c2ccccc2)C1. The number of para-hydroxylation sites is 1. The molecule has 2 nitrogen and oxygen atoms in total. The molecule has 1 heterocycles. The largest absolute Gasteiger partial charge is 0.368 e. The van der Waals surface area contributed by atoms with E-state index in [2.05, 4.69) is 4.90 Å². The molecule has 1 unspecified atom stereocenters. The number of hydrogen-bond acceptors (Lipinski definition) is 2. The summed E-state index contributed by atoms with van der Waals surface area (Å²) in [5.74, 6) is 0. The van der Waals surface area contributed by atoms with E-state index in [1.807, 2.05) is 30.3 Å². The fraction of sp³-hybridized carbons (Fsp3) is 0.500. The maximum Gasteiger partial charge on any atom is 0.140 e. The molecule has 0 aliphatic carbocycles. The third-order valence-electron chi connectivity index (χ3n) is 3.01. The maximum absolute atomic E-state index is 14.1. The second-order valence-corrected chi connectivity index (χ2v) is 4.22. The van der Waals surface area contributed by atoms with Crippen LogP contribution in [0.15, 0.2) is 30.3 Å². The Morgan fingerprint density at radius 1 is 1.33 bits per heavy atom. The first-order valence-corrected chi connectivity index (χ1v) is 5.42. The molecule has 0 radical (unpaired) electrons. The van der Waals surface area contributed by atoms with Crippen molar-refractivity contribution in [3.63, 3.8) is 0 Å². The third kappa shape index (κ3) is 2.29. The van der Waals surface area contributed by atoms with Crippen LogP contribution < -0.4 is 10.6 Å². The Bertz CT molecular complexity index is 315. The van der Waals surface area contributed by atoms with Crippen molar-refractivity contribution in [1.82, 2.24) is 0 Å². The minimum Gasteiger partial charge on any atom is -0.368 e. The molecule has 0 aromatic heterocycles. The van der Waals surface area contributed by atoms with Crippen molar-refractivity contribution < 1.29 is 4.39 Å². The van der Waals surface area contributed by atoms with E-state index in [1.54, 1.807) is 0 Å². The molecule has 0 amide bonds. The zero-order chi connectivity index (χ0) is 10.7. The second kappa shape index (κ2) is 4.19. The molecule has 15 heavy (non-hydrogen) atoms. The summed E-state index contributed by atoms with van der Waals surface area (Å²) in [7, 11) is 0. The van der Waals surface area contributed by atoms with Gasteiger partial charge in [0, 0.05) is 18.8 Å². The third-order valence-corrected chi connectivity index (χ3v) is 3.01. The van der Waals surface area contributed by atoms with Crippen LogP contribution in [0, 0.1) is 0 Å². The minimum absolute atomic E-state index is 0.121. The lowest BCUT2D eigenvalue weighted by Crippen LogP contribution is -2.49. The van der Waals surface area contributed by atoms with Gasteiger partial charge in [0.2, 0.25) is 0 Å². The molecule has 82 valence electrons. The molecule has 1 aromatic carbocycles. The Morgan fingerprint density at radius 2 is 2.07 bits per heavy atom. The topological polar surface area (TPSA) is 29.3 Å². The molecule has 1 aromatic rings. The van der Waals surface area contributed by atoms with Gasteiger partial charge in [-0.2, -0.15) is 0 Å². The normalized spacial score (nSPS) is 26.7. The number of rotatable bonds is 2. The Morgan fingerprint density at radius 3 is 2.73 bits per heavy atom. The number of hydrogen-bond donors (Lipinski definition) is 1. The summed E-state index contributed by atoms with van der Waals surface area (Å²) in [6.45, 7) is 1.47. The van der Waals surface area contributed by atoms with Crippen LogP contribution in [0.1, 0.15) is 12.8 Å². The van der Waals surface area contributed by atoms with E-state index in [4.69, 9.17) is 5.73 Å². The maximum atomic E-state index is 14.1. The van der Waals surface area contributed by atoms with E-state index in [0.717, 1.165) is 18.7 Å². The summed E-state index contributed by atoms with van der Waals surface area (Å²) in [6, 6.07) is 9.96. The highest BCUT2D eigenvalue weighted by molar-refractivity contribution is 5.46. The fourth-order valence-electron chi connectivity index (χ4n) is 2.11. The van der Waals surface area contributed by atoms with Crippen LogP contribution in [0.4, 0.5) is 10.1 Å². The molecule has 0 saturated carbocycles. The summed E-state index contributed by atoms with van der Waals surface area (Å²) in [6.07, 6.45) is 1.47. The van der Waals surface area contributed by atoms with Crippen LogP contribution in [-0.4, -0.2) is 25.3 Å². The van der Waals surface area contributed by atoms with Crippen LogP contribution in [0.2, 0.25) is 0 Å². The fourth-order valence-corrected chi connectivity index (χ4v) is 2.11. The molecule has 2 rings (SSSR count). The number of piperidine rings is 1. The van der Waals surface area contributed by atoms with Gasteiger partial charge in [-0.05, 0) is 25.0 Å². The zero-order valence-corrected chi connectivity index (χ0v) is 8.82. The van der Waals surface area contributed by atoms with E-state index in [9.17, 15) is 4.39 Å². The first-order chi connectivity index (χ1) is 7.23. The van der Waals surface area contributed by atoms with Gasteiger partial charge in [-0.25, -0.2) is 4.39 Å². The Kier molecular flexibility index (Phi) is 2.91. The highest BCUT2D eigenvalue weighted by Gasteiger charge is 2.34. The summed E-state index contributed by atoms with van der Waals surface area (Å²) >= 11 is 0. The van der Waals surface area contributed by atoms with E-state index >= 15 is 0 Å². The smallest absolute Gasteiger partial charge is 0.140 e. The van der Waals surface area contributed by atoms with Crippen molar-refractivity contribution in [1.29, 1.82) is 0 Å². The molecule has 1 saturated heterocycles. The van der Waals surface area contributed by atoms with E-state index in [1.165, 1.54) is 0 Å². The first-order valence-electron chi connectivity index (χ1n) is 5.42. The molecule has 2 N–H and O–H groups in total. The van der Waals surface area contributed by atoms with Gasteiger partial charge < -0.3 is 10.6 Å². The average molecular weight is 208 g/mol. The van der Waals surface area contributed by atoms with E-state index in [-0.39, 0.29) is 6.54 Å². The predicted octanol–water partition coefficient (Wildman–Crippen LogP) is 1.95. The standard InChI is InChI=1S/C12H17FN2/c13-12(9-14)7-4-8-15(10-12)11-5-2-1-3-6-11/h1-3,5-6H,4,7-10,14H2. The van der Waals surface area contributed by atoms with E-state index < -0.39 is 5.67 Å². The van der Waals surface area contributed by atoms with Crippen molar-refractivity contribution in [2.75, 3.05) is 24.5 Å². The Labute approximate surface area is 89.9 Å². The van der Waals surface area contributed by atoms with Crippen molar-refractivity contribution in [2.45, 2.75) is 18.5 Å². The van der Waals surface area contributed by atoms with Crippen LogP contribution >= 0.6 is 0 Å². The first kappa shape index (κ1) is 10.4. The minimum atomic E-state index is -1.20. The second-order valence-electron chi connectivity index (χ2n) is 4.22. The summed E-state index contributed by atoms with van der Waals surface area (Å²) in [5, 5.41) is 0. The van der Waals surface area contributed by atoms with Gasteiger partial charge in [0.25, 0.3) is 0 Å². The van der Waals surface area contributed by atoms with Gasteiger partial charge in [0.1, 0.15) is 5.67 Å². The van der Waals surface area contributed by atoms with Crippen molar-refractivity contribution in [3.8, 4) is 0 Å². The quantitative estimate of drug-likeness (QED) is 0.805. The lowest BCUT2D eigenvalue weighted by molar-refractivity contribution is 0.146. The van der Waals surface area contributed by atoms with Crippen LogP contribution in [0.25, 0.3) is 0 Å². The molecular weight excluding hydrogens is 191 g/mol. The van der Waals surface area contributed by atoms with Crippen LogP contribution in [0.3, 0.4) is 0 Å². The van der Waals surface area contributed by atoms with Gasteiger partial charge in [0.05, 0.1) is 6.54 Å².